The Morgan fingerprint density at radius 1 is 1.04 bits per heavy atom. The molecule has 4 rings (SSSR count). The van der Waals surface area contributed by atoms with Crippen LogP contribution in [0.25, 0.3) is 5.69 Å². The second kappa shape index (κ2) is 7.99. The smallest absolute Gasteiger partial charge is 0.274 e. The van der Waals surface area contributed by atoms with E-state index in [-0.39, 0.29) is 11.6 Å². The molecule has 1 saturated heterocycles. The zero-order chi connectivity index (χ0) is 19.7. The Hall–Kier alpha value is -2.28. The standard InChI is InChI=1S/C21H26F2N4O/c1-15-13-19(24-27(15)20-8-7-16(22)14-18(20)23)21(28)26-10-4-9-25(11-12-26)17-5-2-3-6-17/h7-8,13-14,17H,2-6,9-12H2,1H3. The first-order chi connectivity index (χ1) is 13.5. The van der Waals surface area contributed by atoms with Crippen LogP contribution in [0.4, 0.5) is 8.78 Å². The van der Waals surface area contributed by atoms with Crippen LogP contribution in [0.3, 0.4) is 0 Å². The van der Waals surface area contributed by atoms with E-state index in [1.807, 2.05) is 4.90 Å². The van der Waals surface area contributed by atoms with Gasteiger partial charge in [0.15, 0.2) is 11.5 Å². The number of aromatic nitrogens is 2. The van der Waals surface area contributed by atoms with Gasteiger partial charge in [0.2, 0.25) is 0 Å². The Morgan fingerprint density at radius 3 is 2.57 bits per heavy atom. The molecule has 150 valence electrons. The normalized spacial score (nSPS) is 19.2. The van der Waals surface area contributed by atoms with E-state index in [0.717, 1.165) is 25.6 Å². The van der Waals surface area contributed by atoms with Gasteiger partial charge in [-0.2, -0.15) is 5.10 Å². The topological polar surface area (TPSA) is 41.4 Å². The van der Waals surface area contributed by atoms with Crippen molar-refractivity contribution in [3.63, 3.8) is 0 Å². The van der Waals surface area contributed by atoms with Crippen molar-refractivity contribution < 1.29 is 13.6 Å². The minimum Gasteiger partial charge on any atom is -0.336 e. The van der Waals surface area contributed by atoms with Gasteiger partial charge < -0.3 is 4.90 Å². The van der Waals surface area contributed by atoms with Crippen LogP contribution >= 0.6 is 0 Å². The summed E-state index contributed by atoms with van der Waals surface area (Å²) in [5.41, 5.74) is 1.08. The number of benzene rings is 1. The van der Waals surface area contributed by atoms with E-state index in [0.29, 0.717) is 30.5 Å². The summed E-state index contributed by atoms with van der Waals surface area (Å²) >= 11 is 0. The molecular formula is C21H26F2N4O. The molecule has 0 N–H and O–H groups in total. The Balaban J connectivity index is 1.49. The highest BCUT2D eigenvalue weighted by molar-refractivity contribution is 5.92. The van der Waals surface area contributed by atoms with Crippen LogP contribution in [0, 0.1) is 18.6 Å². The number of aryl methyl sites for hydroxylation is 1. The van der Waals surface area contributed by atoms with Crippen LogP contribution in [-0.4, -0.2) is 57.7 Å². The van der Waals surface area contributed by atoms with Crippen LogP contribution in [0.1, 0.15) is 48.3 Å². The molecule has 0 atom stereocenters. The third kappa shape index (κ3) is 3.81. The van der Waals surface area contributed by atoms with Gasteiger partial charge in [-0.3, -0.25) is 9.69 Å². The molecule has 1 amide bonds. The van der Waals surface area contributed by atoms with Gasteiger partial charge in [0, 0.05) is 44.0 Å². The highest BCUT2D eigenvalue weighted by Gasteiger charge is 2.27. The van der Waals surface area contributed by atoms with Gasteiger partial charge in [0.05, 0.1) is 0 Å². The van der Waals surface area contributed by atoms with Crippen LogP contribution < -0.4 is 0 Å². The summed E-state index contributed by atoms with van der Waals surface area (Å²) in [7, 11) is 0. The highest BCUT2D eigenvalue weighted by Crippen LogP contribution is 2.25. The molecule has 1 saturated carbocycles. The van der Waals surface area contributed by atoms with Gasteiger partial charge in [-0.15, -0.1) is 0 Å². The number of carbonyl (C=O) groups excluding carboxylic acids is 1. The fourth-order valence-electron chi connectivity index (χ4n) is 4.41. The van der Waals surface area contributed by atoms with Crippen LogP contribution in [-0.2, 0) is 0 Å². The fourth-order valence-corrected chi connectivity index (χ4v) is 4.41. The molecule has 1 aromatic heterocycles. The maximum atomic E-state index is 14.1. The zero-order valence-electron chi connectivity index (χ0n) is 16.2. The molecule has 28 heavy (non-hydrogen) atoms. The van der Waals surface area contributed by atoms with E-state index < -0.39 is 11.6 Å². The van der Waals surface area contributed by atoms with Gasteiger partial charge in [-0.05, 0) is 44.4 Å². The average Bonchev–Trinajstić information content (AvgIpc) is 3.26. The summed E-state index contributed by atoms with van der Waals surface area (Å²) in [6.45, 7) is 5.08. The second-order valence-corrected chi connectivity index (χ2v) is 7.80. The van der Waals surface area contributed by atoms with Gasteiger partial charge >= 0.3 is 0 Å². The van der Waals surface area contributed by atoms with Crippen LogP contribution in [0.2, 0.25) is 0 Å². The number of hydrogen-bond donors (Lipinski definition) is 0. The van der Waals surface area contributed by atoms with Crippen molar-refractivity contribution in [2.45, 2.75) is 45.1 Å². The van der Waals surface area contributed by atoms with E-state index in [9.17, 15) is 13.6 Å². The lowest BCUT2D eigenvalue weighted by Crippen LogP contribution is -2.38. The molecule has 0 bridgehead atoms. The van der Waals surface area contributed by atoms with E-state index in [1.165, 1.54) is 42.5 Å². The van der Waals surface area contributed by atoms with Crippen molar-refractivity contribution in [3.8, 4) is 5.69 Å². The Morgan fingerprint density at radius 2 is 1.82 bits per heavy atom. The summed E-state index contributed by atoms with van der Waals surface area (Å²) in [6.07, 6.45) is 6.09. The second-order valence-electron chi connectivity index (χ2n) is 7.80. The van der Waals surface area contributed by atoms with Gasteiger partial charge in [0.25, 0.3) is 5.91 Å². The molecule has 1 aromatic carbocycles. The first kappa shape index (κ1) is 19.1. The Kier molecular flexibility index (Phi) is 5.44. The minimum absolute atomic E-state index is 0.127. The van der Waals surface area contributed by atoms with Crippen molar-refractivity contribution in [3.05, 3.63) is 47.3 Å². The summed E-state index contributed by atoms with van der Waals surface area (Å²) in [5, 5.41) is 4.32. The highest BCUT2D eigenvalue weighted by atomic mass is 19.1. The molecule has 2 aromatic rings. The predicted molar refractivity (Wildman–Crippen MR) is 103 cm³/mol. The number of amides is 1. The van der Waals surface area contributed by atoms with Gasteiger partial charge in [0.1, 0.15) is 11.5 Å². The molecule has 7 heteroatoms. The molecule has 1 aliphatic heterocycles. The summed E-state index contributed by atoms with van der Waals surface area (Å²) in [5.74, 6) is -1.47. The van der Waals surface area contributed by atoms with Crippen molar-refractivity contribution in [2.75, 3.05) is 26.2 Å². The van der Waals surface area contributed by atoms with Crippen molar-refractivity contribution in [1.29, 1.82) is 0 Å². The molecule has 0 radical (unpaired) electrons. The largest absolute Gasteiger partial charge is 0.336 e. The van der Waals surface area contributed by atoms with Crippen LogP contribution in [0.5, 0.6) is 0 Å². The average molecular weight is 388 g/mol. The molecule has 1 aliphatic carbocycles. The first-order valence-electron chi connectivity index (χ1n) is 10.1. The lowest BCUT2D eigenvalue weighted by molar-refractivity contribution is 0.0751. The lowest BCUT2D eigenvalue weighted by Gasteiger charge is -2.27. The summed E-state index contributed by atoms with van der Waals surface area (Å²) < 4.78 is 28.7. The number of carbonyl (C=O) groups is 1. The molecule has 0 spiro atoms. The Labute approximate surface area is 163 Å². The zero-order valence-corrected chi connectivity index (χ0v) is 16.2. The van der Waals surface area contributed by atoms with E-state index >= 15 is 0 Å². The lowest BCUT2D eigenvalue weighted by atomic mass is 10.2. The van der Waals surface area contributed by atoms with E-state index in [4.69, 9.17) is 0 Å². The van der Waals surface area contributed by atoms with E-state index in [2.05, 4.69) is 10.00 Å². The van der Waals surface area contributed by atoms with Gasteiger partial charge in [-0.25, -0.2) is 13.5 Å². The SMILES string of the molecule is Cc1cc(C(=O)N2CCCN(C3CCCC3)CC2)nn1-c1ccc(F)cc1F. The number of hydrogen-bond acceptors (Lipinski definition) is 3. The van der Waals surface area contributed by atoms with Crippen LogP contribution in [0.15, 0.2) is 24.3 Å². The maximum absolute atomic E-state index is 14.1. The molecule has 0 unspecified atom stereocenters. The number of rotatable bonds is 3. The van der Waals surface area contributed by atoms with E-state index in [1.54, 1.807) is 13.0 Å². The predicted octanol–water partition coefficient (Wildman–Crippen LogP) is 3.55. The van der Waals surface area contributed by atoms with Crippen molar-refractivity contribution in [1.82, 2.24) is 19.6 Å². The first-order valence-corrected chi connectivity index (χ1v) is 10.1. The Bertz CT molecular complexity index is 860. The molecule has 2 heterocycles. The minimum atomic E-state index is -0.702. The third-order valence-corrected chi connectivity index (χ3v) is 5.90. The monoisotopic (exact) mass is 388 g/mol. The van der Waals surface area contributed by atoms with Gasteiger partial charge in [-0.1, -0.05) is 12.8 Å². The fraction of sp³-hybridized carbons (Fsp3) is 0.524. The van der Waals surface area contributed by atoms with Crippen molar-refractivity contribution in [2.24, 2.45) is 0 Å². The molecule has 5 nitrogen and oxygen atoms in total. The number of halogens is 2. The quantitative estimate of drug-likeness (QED) is 0.808. The summed E-state index contributed by atoms with van der Waals surface area (Å²) in [4.78, 5) is 17.4. The molecular weight excluding hydrogens is 362 g/mol. The maximum Gasteiger partial charge on any atom is 0.274 e. The third-order valence-electron chi connectivity index (χ3n) is 5.90. The number of nitrogens with zero attached hydrogens (tertiary/aromatic N) is 4. The molecule has 2 fully saturated rings. The molecule has 2 aliphatic rings. The summed E-state index contributed by atoms with van der Waals surface area (Å²) in [6, 6.07) is 5.69. The van der Waals surface area contributed by atoms with Crippen molar-refractivity contribution >= 4 is 5.91 Å².